The molecule has 1 amide bonds. The number of fused-ring (bicyclic) bond motifs is 3. The first-order valence-electron chi connectivity index (χ1n) is 13.1. The Bertz CT molecular complexity index is 1100. The summed E-state index contributed by atoms with van der Waals surface area (Å²) in [5, 5.41) is 4.95. The fourth-order valence-electron chi connectivity index (χ4n) is 5.94. The number of piperidine rings is 1. The van der Waals surface area contributed by atoms with Crippen LogP contribution in [0.2, 0.25) is 0 Å². The Hall–Kier alpha value is -1.98. The van der Waals surface area contributed by atoms with Gasteiger partial charge in [-0.2, -0.15) is 5.10 Å². The summed E-state index contributed by atoms with van der Waals surface area (Å²) in [6.07, 6.45) is 1.60. The fraction of sp³-hybridized carbons (Fsp3) is 0.615. The van der Waals surface area contributed by atoms with Crippen LogP contribution in [0, 0.1) is 0 Å². The second kappa shape index (κ2) is 10.4. The van der Waals surface area contributed by atoms with Crippen molar-refractivity contribution in [3.63, 3.8) is 0 Å². The molecule has 6 rings (SSSR count). The number of halogens is 1. The van der Waals surface area contributed by atoms with Gasteiger partial charge in [0.15, 0.2) is 10.6 Å². The van der Waals surface area contributed by atoms with E-state index in [1.807, 2.05) is 24.3 Å². The van der Waals surface area contributed by atoms with Crippen molar-refractivity contribution >= 4 is 17.1 Å². The normalized spacial score (nSPS) is 25.7. The number of nitrogens with zero attached hydrogens (tertiary/aromatic N) is 5. The highest BCUT2D eigenvalue weighted by Crippen LogP contribution is 2.42. The highest BCUT2D eigenvalue weighted by atomic mass is 32.2. The zero-order valence-corrected chi connectivity index (χ0v) is 21.4. The third-order valence-corrected chi connectivity index (χ3v) is 9.41. The number of carbonyl (C=O) groups excluding carboxylic acids is 1. The van der Waals surface area contributed by atoms with E-state index in [1.54, 1.807) is 4.90 Å². The van der Waals surface area contributed by atoms with Gasteiger partial charge in [0.2, 0.25) is 0 Å². The molecule has 4 aliphatic rings. The van der Waals surface area contributed by atoms with E-state index in [0.717, 1.165) is 67.4 Å². The summed E-state index contributed by atoms with van der Waals surface area (Å²) >= 11 is -1.20. The highest BCUT2D eigenvalue weighted by Gasteiger charge is 2.39. The highest BCUT2D eigenvalue weighted by molar-refractivity contribution is 7.90. The minimum absolute atomic E-state index is 0.0872. The zero-order chi connectivity index (χ0) is 24.6. The van der Waals surface area contributed by atoms with Crippen LogP contribution in [0.15, 0.2) is 29.2 Å². The van der Waals surface area contributed by atoms with Crippen molar-refractivity contribution in [3.8, 4) is 11.3 Å². The third-order valence-electron chi connectivity index (χ3n) is 8.02. The van der Waals surface area contributed by atoms with Crippen molar-refractivity contribution in [2.75, 3.05) is 65.6 Å². The van der Waals surface area contributed by atoms with E-state index in [2.05, 4.69) is 14.5 Å². The molecule has 3 saturated heterocycles. The summed E-state index contributed by atoms with van der Waals surface area (Å²) in [6, 6.07) is 7.98. The molecule has 36 heavy (non-hydrogen) atoms. The van der Waals surface area contributed by atoms with Crippen LogP contribution in [0.3, 0.4) is 0 Å². The maximum Gasteiger partial charge on any atom is 0.275 e. The summed E-state index contributed by atoms with van der Waals surface area (Å²) in [4.78, 5) is 21.0. The Morgan fingerprint density at radius 3 is 2.58 bits per heavy atom. The van der Waals surface area contributed by atoms with Gasteiger partial charge in [0.25, 0.3) is 5.91 Å². The molecular formula is C26H34FN5O3S. The fourth-order valence-corrected chi connectivity index (χ4v) is 7.27. The van der Waals surface area contributed by atoms with E-state index in [1.165, 1.54) is 0 Å². The van der Waals surface area contributed by atoms with Gasteiger partial charge >= 0.3 is 0 Å². The number of carbonyl (C=O) groups is 1. The second-order valence-corrected chi connectivity index (χ2v) is 11.7. The smallest absolute Gasteiger partial charge is 0.275 e. The number of rotatable bonds is 5. The van der Waals surface area contributed by atoms with Gasteiger partial charge < -0.3 is 19.1 Å². The van der Waals surface area contributed by atoms with Crippen LogP contribution < -0.4 is 0 Å². The molecule has 0 radical (unpaired) electrons. The molecule has 5 heterocycles. The summed E-state index contributed by atoms with van der Waals surface area (Å²) in [6.45, 7) is 7.60. The first kappa shape index (κ1) is 24.4. The van der Waals surface area contributed by atoms with Crippen molar-refractivity contribution in [1.82, 2.24) is 24.5 Å². The van der Waals surface area contributed by atoms with Gasteiger partial charge in [-0.15, -0.1) is 0 Å². The number of likely N-dealkylation sites (tertiary alicyclic amines) is 2. The lowest BCUT2D eigenvalue weighted by molar-refractivity contribution is 0.0297. The summed E-state index contributed by atoms with van der Waals surface area (Å²) in [5.41, 5.74) is 3.15. The standard InChI is InChI=1S/C26H34FN5O3S/c27-19-5-8-29(9-6-19)11-12-30-10-7-20(17-30)32-25-21-3-1-2-4-23(21)36(34)18-22(25)24(28-32)26(33)31-13-15-35-16-14-31/h1-4,19-20H,5-18H2. The van der Waals surface area contributed by atoms with Crippen LogP contribution in [0.4, 0.5) is 4.39 Å². The number of aromatic nitrogens is 2. The second-order valence-electron chi connectivity index (χ2n) is 10.3. The third kappa shape index (κ3) is 4.69. The first-order chi connectivity index (χ1) is 17.6. The predicted molar refractivity (Wildman–Crippen MR) is 135 cm³/mol. The van der Waals surface area contributed by atoms with Crippen LogP contribution in [0.5, 0.6) is 0 Å². The number of alkyl halides is 1. The maximum absolute atomic E-state index is 13.5. The molecule has 194 valence electrons. The van der Waals surface area contributed by atoms with Crippen molar-refractivity contribution < 1.29 is 18.5 Å². The number of morpholine rings is 1. The van der Waals surface area contributed by atoms with E-state index in [-0.39, 0.29) is 11.9 Å². The molecule has 0 saturated carbocycles. The lowest BCUT2D eigenvalue weighted by Gasteiger charge is -2.30. The number of hydrogen-bond donors (Lipinski definition) is 0. The topological polar surface area (TPSA) is 76.9 Å². The number of hydrogen-bond acceptors (Lipinski definition) is 6. The van der Waals surface area contributed by atoms with Gasteiger partial charge in [0.1, 0.15) is 11.9 Å². The average molecular weight is 516 g/mol. The number of amides is 1. The Morgan fingerprint density at radius 2 is 1.78 bits per heavy atom. The molecular weight excluding hydrogens is 481 g/mol. The molecule has 2 unspecified atom stereocenters. The quantitative estimate of drug-likeness (QED) is 0.569. The van der Waals surface area contributed by atoms with Crippen molar-refractivity contribution in [2.45, 2.75) is 42.1 Å². The van der Waals surface area contributed by atoms with E-state index in [9.17, 15) is 13.7 Å². The lowest BCUT2D eigenvalue weighted by atomic mass is 10.0. The van der Waals surface area contributed by atoms with Gasteiger partial charge in [-0.25, -0.2) is 4.39 Å². The predicted octanol–water partition coefficient (Wildman–Crippen LogP) is 2.32. The SMILES string of the molecule is O=C(c1nn(C2CCN(CCN3CCC(F)CC3)C2)c2c1C[S+]([O-])c1ccccc1-2)N1CCOCC1. The van der Waals surface area contributed by atoms with E-state index in [0.29, 0.717) is 50.6 Å². The van der Waals surface area contributed by atoms with Crippen molar-refractivity contribution in [1.29, 1.82) is 0 Å². The summed E-state index contributed by atoms with van der Waals surface area (Å²) in [5.74, 6) is 0.231. The molecule has 1 aromatic heterocycles. The molecule has 4 aliphatic heterocycles. The number of ether oxygens (including phenoxy) is 1. The van der Waals surface area contributed by atoms with Crippen molar-refractivity contribution in [2.24, 2.45) is 0 Å². The maximum atomic E-state index is 13.5. The van der Waals surface area contributed by atoms with Gasteiger partial charge in [-0.05, 0) is 42.6 Å². The summed E-state index contributed by atoms with van der Waals surface area (Å²) in [7, 11) is 0. The molecule has 1 aromatic carbocycles. The van der Waals surface area contributed by atoms with Gasteiger partial charge in [-0.1, -0.05) is 12.1 Å². The molecule has 0 aliphatic carbocycles. The molecule has 8 nitrogen and oxygen atoms in total. The molecule has 2 aromatic rings. The minimum atomic E-state index is -1.20. The van der Waals surface area contributed by atoms with Crippen LogP contribution in [-0.4, -0.2) is 107 Å². The first-order valence-corrected chi connectivity index (χ1v) is 14.5. The Balaban J connectivity index is 1.26. The molecule has 0 bridgehead atoms. The van der Waals surface area contributed by atoms with E-state index in [4.69, 9.17) is 9.84 Å². The Morgan fingerprint density at radius 1 is 1.06 bits per heavy atom. The largest absolute Gasteiger partial charge is 0.611 e. The van der Waals surface area contributed by atoms with Crippen LogP contribution in [-0.2, 0) is 21.7 Å². The number of benzene rings is 1. The molecule has 0 N–H and O–H groups in total. The summed E-state index contributed by atoms with van der Waals surface area (Å²) < 4.78 is 34.1. The van der Waals surface area contributed by atoms with Crippen LogP contribution in [0.25, 0.3) is 11.3 Å². The molecule has 3 fully saturated rings. The lowest BCUT2D eigenvalue weighted by Crippen LogP contribution is -2.41. The van der Waals surface area contributed by atoms with Crippen LogP contribution >= 0.6 is 0 Å². The van der Waals surface area contributed by atoms with Gasteiger partial charge in [-0.3, -0.25) is 14.4 Å². The van der Waals surface area contributed by atoms with E-state index >= 15 is 0 Å². The minimum Gasteiger partial charge on any atom is -0.611 e. The van der Waals surface area contributed by atoms with Gasteiger partial charge in [0, 0.05) is 52.4 Å². The van der Waals surface area contributed by atoms with Crippen LogP contribution in [0.1, 0.15) is 41.4 Å². The van der Waals surface area contributed by atoms with Crippen molar-refractivity contribution in [3.05, 3.63) is 35.5 Å². The monoisotopic (exact) mass is 515 g/mol. The molecule has 10 heteroatoms. The molecule has 2 atom stereocenters. The Kier molecular flexibility index (Phi) is 7.05. The average Bonchev–Trinajstić information content (AvgIpc) is 3.53. The Labute approximate surface area is 214 Å². The van der Waals surface area contributed by atoms with Gasteiger partial charge in [0.05, 0.1) is 36.1 Å². The zero-order valence-electron chi connectivity index (χ0n) is 20.6. The van der Waals surface area contributed by atoms with E-state index < -0.39 is 17.3 Å². The molecule has 0 spiro atoms.